The summed E-state index contributed by atoms with van der Waals surface area (Å²) in [5.41, 5.74) is 1.52. The van der Waals surface area contributed by atoms with Crippen molar-refractivity contribution in [1.82, 2.24) is 9.80 Å². The van der Waals surface area contributed by atoms with Crippen LogP contribution in [-0.4, -0.2) is 54.9 Å². The minimum absolute atomic E-state index is 0.0167. The fourth-order valence-electron chi connectivity index (χ4n) is 4.86. The minimum Gasteiger partial charge on any atom is -0.496 e. The van der Waals surface area contributed by atoms with Gasteiger partial charge in [0.1, 0.15) is 5.75 Å². The van der Waals surface area contributed by atoms with Gasteiger partial charge in [0.15, 0.2) is 0 Å². The van der Waals surface area contributed by atoms with E-state index in [-0.39, 0.29) is 23.3 Å². The lowest BCUT2D eigenvalue weighted by molar-refractivity contribution is -0.137. The van der Waals surface area contributed by atoms with Crippen LogP contribution in [0.25, 0.3) is 0 Å². The van der Waals surface area contributed by atoms with Crippen LogP contribution >= 0.6 is 0 Å². The zero-order valence-corrected chi connectivity index (χ0v) is 17.1. The van der Waals surface area contributed by atoms with E-state index in [2.05, 4.69) is 12.1 Å². The van der Waals surface area contributed by atoms with Gasteiger partial charge in [-0.3, -0.25) is 9.59 Å². The summed E-state index contributed by atoms with van der Waals surface area (Å²) in [4.78, 5) is 29.9. The standard InChI is InChI=1S/C24H28N2O3/c1-25-19(16-18-8-4-3-5-9-18)17-24(23(25)28)12-14-26(15-13-24)22(27)20-10-6-7-11-21(20)29-2/h3-11,19H,12-17H2,1-2H3/t19-/m0/s1. The molecule has 152 valence electrons. The number of hydrogen-bond donors (Lipinski definition) is 0. The van der Waals surface area contributed by atoms with Crippen molar-refractivity contribution in [3.8, 4) is 5.75 Å². The van der Waals surface area contributed by atoms with Crippen LogP contribution in [0.15, 0.2) is 54.6 Å². The van der Waals surface area contributed by atoms with Crippen molar-refractivity contribution < 1.29 is 14.3 Å². The van der Waals surface area contributed by atoms with E-state index in [4.69, 9.17) is 4.74 Å². The topological polar surface area (TPSA) is 49.9 Å². The van der Waals surface area contributed by atoms with Crippen LogP contribution < -0.4 is 4.74 Å². The molecule has 2 fully saturated rings. The van der Waals surface area contributed by atoms with Crippen LogP contribution in [-0.2, 0) is 11.2 Å². The maximum Gasteiger partial charge on any atom is 0.257 e. The Balaban J connectivity index is 1.44. The molecule has 0 N–H and O–H groups in total. The quantitative estimate of drug-likeness (QED) is 0.801. The summed E-state index contributed by atoms with van der Waals surface area (Å²) >= 11 is 0. The molecule has 0 bridgehead atoms. The number of carbonyl (C=O) groups is 2. The highest BCUT2D eigenvalue weighted by Crippen LogP contribution is 2.45. The molecular formula is C24H28N2O3. The number of hydrogen-bond acceptors (Lipinski definition) is 3. The third-order valence-corrected chi connectivity index (χ3v) is 6.61. The first-order chi connectivity index (χ1) is 14.0. The first kappa shape index (κ1) is 19.5. The smallest absolute Gasteiger partial charge is 0.257 e. The fourth-order valence-corrected chi connectivity index (χ4v) is 4.86. The van der Waals surface area contributed by atoms with E-state index in [1.165, 1.54) is 5.56 Å². The molecule has 29 heavy (non-hydrogen) atoms. The first-order valence-electron chi connectivity index (χ1n) is 10.3. The predicted octanol–water partition coefficient (Wildman–Crippen LogP) is 3.39. The van der Waals surface area contributed by atoms with Gasteiger partial charge in [-0.05, 0) is 43.4 Å². The number of carbonyl (C=O) groups excluding carboxylic acids is 2. The van der Waals surface area contributed by atoms with Crippen molar-refractivity contribution in [2.24, 2.45) is 5.41 Å². The molecule has 2 aliphatic heterocycles. The third kappa shape index (κ3) is 3.61. The zero-order valence-electron chi connectivity index (χ0n) is 17.1. The lowest BCUT2D eigenvalue weighted by Gasteiger charge is -2.38. The van der Waals surface area contributed by atoms with Crippen molar-refractivity contribution in [2.45, 2.75) is 31.7 Å². The van der Waals surface area contributed by atoms with Gasteiger partial charge in [0.25, 0.3) is 5.91 Å². The summed E-state index contributed by atoms with van der Waals surface area (Å²) in [7, 11) is 3.51. The number of likely N-dealkylation sites (N-methyl/N-ethyl adjacent to an activating group) is 1. The van der Waals surface area contributed by atoms with E-state index < -0.39 is 0 Å². The van der Waals surface area contributed by atoms with Gasteiger partial charge in [0, 0.05) is 26.2 Å². The number of ether oxygens (including phenoxy) is 1. The van der Waals surface area contributed by atoms with Crippen LogP contribution in [0.5, 0.6) is 5.75 Å². The van der Waals surface area contributed by atoms with Crippen LogP contribution in [0, 0.1) is 5.41 Å². The number of likely N-dealkylation sites (tertiary alicyclic amines) is 2. The third-order valence-electron chi connectivity index (χ3n) is 6.61. The number of methoxy groups -OCH3 is 1. The molecule has 1 atom stereocenters. The lowest BCUT2D eigenvalue weighted by atomic mass is 9.75. The molecule has 1 spiro atoms. The molecule has 0 saturated carbocycles. The molecule has 4 rings (SSSR count). The molecule has 2 aromatic rings. The van der Waals surface area contributed by atoms with E-state index in [1.807, 2.05) is 53.2 Å². The fraction of sp³-hybridized carbons (Fsp3) is 0.417. The SMILES string of the molecule is COc1ccccc1C(=O)N1CCC2(CC1)C[C@H](Cc1ccccc1)N(C)C2=O. The predicted molar refractivity (Wildman–Crippen MR) is 112 cm³/mol. The Morgan fingerprint density at radius 2 is 1.72 bits per heavy atom. The highest BCUT2D eigenvalue weighted by atomic mass is 16.5. The molecule has 0 aromatic heterocycles. The monoisotopic (exact) mass is 392 g/mol. The molecule has 0 radical (unpaired) electrons. The van der Waals surface area contributed by atoms with Crippen molar-refractivity contribution >= 4 is 11.8 Å². The summed E-state index contributed by atoms with van der Waals surface area (Å²) in [6, 6.07) is 17.9. The molecule has 5 heteroatoms. The highest BCUT2D eigenvalue weighted by molar-refractivity contribution is 5.97. The average Bonchev–Trinajstić information content (AvgIpc) is 2.99. The summed E-state index contributed by atoms with van der Waals surface area (Å²) < 4.78 is 5.34. The Labute approximate surface area is 172 Å². The number of para-hydroxylation sites is 1. The molecule has 2 saturated heterocycles. The summed E-state index contributed by atoms with van der Waals surface area (Å²) in [6.45, 7) is 1.21. The molecule has 2 aromatic carbocycles. The maximum absolute atomic E-state index is 13.1. The largest absolute Gasteiger partial charge is 0.496 e. The number of rotatable bonds is 4. The average molecular weight is 392 g/mol. The Hall–Kier alpha value is -2.82. The van der Waals surface area contributed by atoms with Crippen molar-refractivity contribution in [2.75, 3.05) is 27.2 Å². The molecule has 5 nitrogen and oxygen atoms in total. The number of benzene rings is 2. The van der Waals surface area contributed by atoms with Gasteiger partial charge in [0.2, 0.25) is 5.91 Å². The van der Waals surface area contributed by atoms with Gasteiger partial charge in [-0.1, -0.05) is 42.5 Å². The Morgan fingerprint density at radius 3 is 2.41 bits per heavy atom. The van der Waals surface area contributed by atoms with Gasteiger partial charge in [-0.25, -0.2) is 0 Å². The van der Waals surface area contributed by atoms with E-state index >= 15 is 0 Å². The number of piperidine rings is 1. The van der Waals surface area contributed by atoms with Gasteiger partial charge < -0.3 is 14.5 Å². The van der Waals surface area contributed by atoms with Crippen LogP contribution in [0.3, 0.4) is 0 Å². The molecule has 2 amide bonds. The molecular weight excluding hydrogens is 364 g/mol. The van der Waals surface area contributed by atoms with Crippen LogP contribution in [0.4, 0.5) is 0 Å². The Morgan fingerprint density at radius 1 is 1.07 bits per heavy atom. The number of amides is 2. The molecule has 2 aliphatic rings. The van der Waals surface area contributed by atoms with Crippen LogP contribution in [0.1, 0.15) is 35.2 Å². The summed E-state index contributed by atoms with van der Waals surface area (Å²) in [6.07, 6.45) is 3.20. The van der Waals surface area contributed by atoms with E-state index in [0.717, 1.165) is 25.7 Å². The normalized spacial score (nSPS) is 20.9. The van der Waals surface area contributed by atoms with Gasteiger partial charge >= 0.3 is 0 Å². The lowest BCUT2D eigenvalue weighted by Crippen LogP contribution is -2.46. The minimum atomic E-state index is -0.328. The first-order valence-corrected chi connectivity index (χ1v) is 10.3. The van der Waals surface area contributed by atoms with Gasteiger partial charge in [-0.15, -0.1) is 0 Å². The number of nitrogens with zero attached hydrogens (tertiary/aromatic N) is 2. The van der Waals surface area contributed by atoms with Gasteiger partial charge in [0.05, 0.1) is 18.1 Å². The second-order valence-electron chi connectivity index (χ2n) is 8.24. The molecule has 0 aliphatic carbocycles. The summed E-state index contributed by atoms with van der Waals surface area (Å²) in [5.74, 6) is 0.817. The second kappa shape index (κ2) is 7.90. The van der Waals surface area contributed by atoms with E-state index in [1.54, 1.807) is 13.2 Å². The van der Waals surface area contributed by atoms with Crippen molar-refractivity contribution in [3.63, 3.8) is 0 Å². The summed E-state index contributed by atoms with van der Waals surface area (Å²) in [5, 5.41) is 0. The van der Waals surface area contributed by atoms with Crippen molar-refractivity contribution in [1.29, 1.82) is 0 Å². The van der Waals surface area contributed by atoms with Crippen LogP contribution in [0.2, 0.25) is 0 Å². The van der Waals surface area contributed by atoms with Crippen molar-refractivity contribution in [3.05, 3.63) is 65.7 Å². The zero-order chi connectivity index (χ0) is 20.4. The molecule has 2 heterocycles. The van der Waals surface area contributed by atoms with Gasteiger partial charge in [-0.2, -0.15) is 0 Å². The Kier molecular flexibility index (Phi) is 5.31. The second-order valence-corrected chi connectivity index (χ2v) is 8.24. The Bertz CT molecular complexity index is 888. The highest BCUT2D eigenvalue weighted by Gasteiger charge is 2.51. The molecule has 0 unspecified atom stereocenters. The maximum atomic E-state index is 13.1. The van der Waals surface area contributed by atoms with E-state index in [9.17, 15) is 9.59 Å². The van der Waals surface area contributed by atoms with E-state index in [0.29, 0.717) is 24.4 Å².